The van der Waals surface area contributed by atoms with Crippen LogP contribution in [0.3, 0.4) is 0 Å². The van der Waals surface area contributed by atoms with E-state index in [1.807, 2.05) is 11.8 Å². The summed E-state index contributed by atoms with van der Waals surface area (Å²) in [6.07, 6.45) is 4.63. The molecule has 2 unspecified atom stereocenters. The van der Waals surface area contributed by atoms with Gasteiger partial charge in [0.05, 0.1) is 12.1 Å². The molecular formula is C12H24N2O2S. The summed E-state index contributed by atoms with van der Waals surface area (Å²) < 4.78 is 5.54. The molecule has 1 saturated heterocycles. The average molecular weight is 260 g/mol. The largest absolute Gasteiger partial charge is 0.377 e. The maximum absolute atomic E-state index is 11.2. The molecule has 0 saturated carbocycles. The number of hydrogen-bond acceptors (Lipinski definition) is 4. The second kappa shape index (κ2) is 8.78. The molecule has 100 valence electrons. The normalized spacial score (nSPS) is 21.6. The molecule has 0 aromatic rings. The van der Waals surface area contributed by atoms with E-state index in [0.717, 1.165) is 37.5 Å². The zero-order valence-corrected chi connectivity index (χ0v) is 11.4. The summed E-state index contributed by atoms with van der Waals surface area (Å²) in [5.41, 5.74) is 5.35. The van der Waals surface area contributed by atoms with E-state index in [-0.39, 0.29) is 11.9 Å². The first-order valence-corrected chi connectivity index (χ1v) is 7.61. The third-order valence-corrected chi connectivity index (χ3v) is 3.99. The van der Waals surface area contributed by atoms with Gasteiger partial charge in [-0.25, -0.2) is 0 Å². The summed E-state index contributed by atoms with van der Waals surface area (Å²) in [6.45, 7) is 3.84. The zero-order valence-electron chi connectivity index (χ0n) is 10.6. The van der Waals surface area contributed by atoms with E-state index >= 15 is 0 Å². The third-order valence-electron chi connectivity index (χ3n) is 2.86. The van der Waals surface area contributed by atoms with Crippen LogP contribution < -0.4 is 11.1 Å². The summed E-state index contributed by atoms with van der Waals surface area (Å²) in [4.78, 5) is 11.2. The number of ether oxygens (including phenoxy) is 1. The summed E-state index contributed by atoms with van der Waals surface area (Å²) in [7, 11) is 0. The van der Waals surface area contributed by atoms with E-state index in [1.54, 1.807) is 0 Å². The fraction of sp³-hybridized carbons (Fsp3) is 0.917. The molecule has 0 bridgehead atoms. The minimum atomic E-state index is -0.240. The molecule has 4 nitrogen and oxygen atoms in total. The van der Waals surface area contributed by atoms with Crippen LogP contribution in [0.2, 0.25) is 0 Å². The smallest absolute Gasteiger partial charge is 0.234 e. The molecule has 3 N–H and O–H groups in total. The van der Waals surface area contributed by atoms with Crippen LogP contribution >= 0.6 is 11.8 Å². The van der Waals surface area contributed by atoms with Crippen molar-refractivity contribution in [1.29, 1.82) is 0 Å². The lowest BCUT2D eigenvalue weighted by Gasteiger charge is -2.15. The van der Waals surface area contributed by atoms with Crippen LogP contribution in [0.1, 0.15) is 32.6 Å². The van der Waals surface area contributed by atoms with Crippen molar-refractivity contribution in [2.45, 2.75) is 44.8 Å². The molecule has 1 fully saturated rings. The molecule has 5 heteroatoms. The monoisotopic (exact) mass is 260 g/mol. The Labute approximate surface area is 108 Å². The van der Waals surface area contributed by atoms with E-state index in [1.165, 1.54) is 12.8 Å². The first-order valence-electron chi connectivity index (χ1n) is 6.46. The number of nitrogens with two attached hydrogens (primary N) is 1. The molecule has 0 radical (unpaired) electrons. The summed E-state index contributed by atoms with van der Waals surface area (Å²) in [5.74, 6) is 1.76. The van der Waals surface area contributed by atoms with Crippen LogP contribution in [0.4, 0.5) is 0 Å². The van der Waals surface area contributed by atoms with Crippen molar-refractivity contribution in [3.8, 4) is 0 Å². The molecule has 2 atom stereocenters. The Balaban J connectivity index is 2.06. The van der Waals surface area contributed by atoms with E-state index in [2.05, 4.69) is 12.2 Å². The van der Waals surface area contributed by atoms with Crippen LogP contribution in [0.5, 0.6) is 0 Å². The molecule has 1 aliphatic rings. The number of amides is 1. The third kappa shape index (κ3) is 6.29. The lowest BCUT2D eigenvalue weighted by Crippen LogP contribution is -2.42. The Kier molecular flexibility index (Phi) is 7.64. The van der Waals surface area contributed by atoms with Gasteiger partial charge in [-0.1, -0.05) is 6.92 Å². The predicted octanol–water partition coefficient (Wildman–Crippen LogP) is 1.14. The highest BCUT2D eigenvalue weighted by Gasteiger charge is 2.17. The molecule has 0 spiro atoms. The Bertz CT molecular complexity index is 221. The van der Waals surface area contributed by atoms with Crippen molar-refractivity contribution in [2.24, 2.45) is 5.73 Å². The number of thioether (sulfide) groups is 1. The first-order chi connectivity index (χ1) is 8.24. The van der Waals surface area contributed by atoms with Gasteiger partial charge in [0, 0.05) is 12.4 Å². The van der Waals surface area contributed by atoms with Crippen LogP contribution in [0, 0.1) is 0 Å². The van der Waals surface area contributed by atoms with Crippen LogP contribution in [0.15, 0.2) is 0 Å². The van der Waals surface area contributed by atoms with Crippen molar-refractivity contribution < 1.29 is 9.53 Å². The lowest BCUT2D eigenvalue weighted by atomic mass is 10.2. The molecule has 0 aliphatic carbocycles. The van der Waals surface area contributed by atoms with Gasteiger partial charge in [0.25, 0.3) is 0 Å². The fourth-order valence-corrected chi connectivity index (χ4v) is 2.95. The zero-order chi connectivity index (χ0) is 12.5. The van der Waals surface area contributed by atoms with Crippen LogP contribution in [-0.4, -0.2) is 42.7 Å². The number of nitrogens with one attached hydrogen (secondary N) is 1. The van der Waals surface area contributed by atoms with Gasteiger partial charge in [0.1, 0.15) is 0 Å². The van der Waals surface area contributed by atoms with E-state index < -0.39 is 0 Å². The molecular weight excluding hydrogens is 236 g/mol. The summed E-state index contributed by atoms with van der Waals surface area (Å²) in [6, 6.07) is -0.174. The minimum Gasteiger partial charge on any atom is -0.377 e. The molecule has 0 aromatic carbocycles. The first kappa shape index (κ1) is 14.8. The second-order valence-electron chi connectivity index (χ2n) is 4.41. The predicted molar refractivity (Wildman–Crippen MR) is 72.2 cm³/mol. The highest BCUT2D eigenvalue weighted by Crippen LogP contribution is 2.17. The summed E-state index contributed by atoms with van der Waals surface area (Å²) in [5, 5.41) is 3.18. The van der Waals surface area contributed by atoms with Crippen LogP contribution in [0.25, 0.3) is 0 Å². The van der Waals surface area contributed by atoms with E-state index in [9.17, 15) is 4.79 Å². The Morgan fingerprint density at radius 1 is 1.65 bits per heavy atom. The number of carbonyl (C=O) groups is 1. The lowest BCUT2D eigenvalue weighted by molar-refractivity contribution is -0.120. The van der Waals surface area contributed by atoms with Crippen molar-refractivity contribution in [3.05, 3.63) is 0 Å². The number of primary amides is 1. The molecule has 1 amide bonds. The van der Waals surface area contributed by atoms with E-state index in [0.29, 0.717) is 6.10 Å². The fourth-order valence-electron chi connectivity index (χ4n) is 1.86. The standard InChI is InChI=1S/C12H24N2O2S/c1-2-6-14-11(12(13)15)5-8-17-9-10-4-3-7-16-10/h10-11,14H,2-9H2,1H3,(H2,13,15). The van der Waals surface area contributed by atoms with Crippen molar-refractivity contribution in [2.75, 3.05) is 24.7 Å². The van der Waals surface area contributed by atoms with Gasteiger partial charge >= 0.3 is 0 Å². The number of hydrogen-bond donors (Lipinski definition) is 2. The highest BCUT2D eigenvalue weighted by atomic mass is 32.2. The number of carbonyl (C=O) groups excluding carboxylic acids is 1. The Morgan fingerprint density at radius 3 is 3.06 bits per heavy atom. The topological polar surface area (TPSA) is 64.3 Å². The van der Waals surface area contributed by atoms with E-state index in [4.69, 9.17) is 10.5 Å². The molecule has 17 heavy (non-hydrogen) atoms. The Morgan fingerprint density at radius 2 is 2.47 bits per heavy atom. The van der Waals surface area contributed by atoms with Crippen molar-refractivity contribution in [1.82, 2.24) is 5.32 Å². The second-order valence-corrected chi connectivity index (χ2v) is 5.56. The SMILES string of the molecule is CCCNC(CCSCC1CCCO1)C(N)=O. The quantitative estimate of drug-likeness (QED) is 0.610. The van der Waals surface area contributed by atoms with Gasteiger partial charge in [-0.3, -0.25) is 4.79 Å². The summed E-state index contributed by atoms with van der Waals surface area (Å²) >= 11 is 1.86. The van der Waals surface area contributed by atoms with Gasteiger partial charge in [0.15, 0.2) is 0 Å². The molecule has 1 aliphatic heterocycles. The van der Waals surface area contributed by atoms with Gasteiger partial charge in [0.2, 0.25) is 5.91 Å². The van der Waals surface area contributed by atoms with Gasteiger partial charge in [-0.15, -0.1) is 0 Å². The van der Waals surface area contributed by atoms with Crippen LogP contribution in [-0.2, 0) is 9.53 Å². The minimum absolute atomic E-state index is 0.174. The van der Waals surface area contributed by atoms with Crippen molar-refractivity contribution in [3.63, 3.8) is 0 Å². The molecule has 1 rings (SSSR count). The van der Waals surface area contributed by atoms with Gasteiger partial charge in [-0.05, 0) is 38.0 Å². The van der Waals surface area contributed by atoms with Crippen molar-refractivity contribution >= 4 is 17.7 Å². The maximum Gasteiger partial charge on any atom is 0.234 e. The molecule has 1 heterocycles. The number of rotatable bonds is 9. The molecule has 0 aromatic heterocycles. The Hall–Kier alpha value is -0.260. The van der Waals surface area contributed by atoms with Gasteiger partial charge < -0.3 is 15.8 Å². The van der Waals surface area contributed by atoms with Gasteiger partial charge in [-0.2, -0.15) is 11.8 Å². The average Bonchev–Trinajstić information content (AvgIpc) is 2.80. The highest BCUT2D eigenvalue weighted by molar-refractivity contribution is 7.99. The maximum atomic E-state index is 11.2.